The van der Waals surface area contributed by atoms with Crippen molar-refractivity contribution in [2.24, 2.45) is 0 Å². The number of phenolic OH excluding ortho intramolecular Hbond substituents is 1. The number of aromatic hydroxyl groups is 1. The second-order valence-electron chi connectivity index (χ2n) is 7.82. The minimum atomic E-state index is -0.364. The fourth-order valence-corrected chi connectivity index (χ4v) is 3.72. The van der Waals surface area contributed by atoms with Crippen molar-refractivity contribution in [2.45, 2.75) is 13.2 Å². The summed E-state index contributed by atoms with van der Waals surface area (Å²) in [5.74, 6) is 0.500. The molecule has 0 spiro atoms. The van der Waals surface area contributed by atoms with Gasteiger partial charge in [-0.3, -0.25) is 4.79 Å². The molecule has 0 amide bonds. The highest BCUT2D eigenvalue weighted by atomic mass is 16.5. The van der Waals surface area contributed by atoms with E-state index in [1.165, 1.54) is 6.07 Å². The summed E-state index contributed by atoms with van der Waals surface area (Å²) in [7, 11) is 0. The summed E-state index contributed by atoms with van der Waals surface area (Å²) in [5, 5.41) is 11.1. The van der Waals surface area contributed by atoms with Crippen LogP contribution in [0.3, 0.4) is 0 Å². The van der Waals surface area contributed by atoms with Gasteiger partial charge in [0.2, 0.25) is 5.75 Å². The van der Waals surface area contributed by atoms with Crippen LogP contribution >= 0.6 is 0 Å². The maximum atomic E-state index is 13.0. The van der Waals surface area contributed by atoms with E-state index in [0.29, 0.717) is 5.76 Å². The van der Waals surface area contributed by atoms with Gasteiger partial charge < -0.3 is 19.0 Å². The highest BCUT2D eigenvalue weighted by Gasteiger charge is 2.21. The Balaban J connectivity index is 1.58. The van der Waals surface area contributed by atoms with Crippen molar-refractivity contribution in [2.75, 3.05) is 0 Å². The largest absolute Gasteiger partial charge is 0.504 e. The van der Waals surface area contributed by atoms with Crippen molar-refractivity contribution in [1.29, 1.82) is 0 Å². The molecule has 0 bridgehead atoms. The third-order valence-corrected chi connectivity index (χ3v) is 5.43. The van der Waals surface area contributed by atoms with Crippen molar-refractivity contribution in [1.82, 2.24) is 0 Å². The van der Waals surface area contributed by atoms with Crippen molar-refractivity contribution in [3.05, 3.63) is 124 Å². The number of rotatable bonds is 7. The van der Waals surface area contributed by atoms with Crippen LogP contribution in [0.5, 0.6) is 17.2 Å². The van der Waals surface area contributed by atoms with E-state index >= 15 is 0 Å². The van der Waals surface area contributed by atoms with Crippen LogP contribution in [0.4, 0.5) is 0 Å². The molecule has 1 aromatic heterocycles. The molecule has 168 valence electrons. The zero-order valence-electron chi connectivity index (χ0n) is 18.3. The van der Waals surface area contributed by atoms with Gasteiger partial charge in [0.25, 0.3) is 0 Å². The van der Waals surface area contributed by atoms with Crippen molar-refractivity contribution in [3.63, 3.8) is 0 Å². The van der Waals surface area contributed by atoms with Crippen LogP contribution in [0.15, 0.2) is 112 Å². The van der Waals surface area contributed by atoms with Crippen LogP contribution in [0, 0.1) is 0 Å². The number of hydrogen-bond acceptors (Lipinski definition) is 5. The molecule has 34 heavy (non-hydrogen) atoms. The summed E-state index contributed by atoms with van der Waals surface area (Å²) >= 11 is 0. The quantitative estimate of drug-likeness (QED) is 0.314. The summed E-state index contributed by atoms with van der Waals surface area (Å²) in [5.41, 5.74) is 2.49. The fourth-order valence-electron chi connectivity index (χ4n) is 3.72. The molecular formula is C29H22O5. The molecule has 0 fully saturated rings. The molecule has 0 aliphatic heterocycles. The third-order valence-electron chi connectivity index (χ3n) is 5.43. The molecule has 5 aromatic rings. The van der Waals surface area contributed by atoms with Crippen molar-refractivity contribution < 1.29 is 19.0 Å². The van der Waals surface area contributed by atoms with Gasteiger partial charge in [0.05, 0.1) is 0 Å². The van der Waals surface area contributed by atoms with Crippen LogP contribution in [0.1, 0.15) is 11.1 Å². The zero-order valence-corrected chi connectivity index (χ0v) is 18.3. The lowest BCUT2D eigenvalue weighted by Gasteiger charge is -2.16. The Labute approximate surface area is 196 Å². The Morgan fingerprint density at radius 3 is 1.88 bits per heavy atom. The Hall–Kier alpha value is -4.51. The molecule has 1 heterocycles. The van der Waals surface area contributed by atoms with Crippen LogP contribution in [-0.4, -0.2) is 5.11 Å². The molecule has 0 saturated heterocycles. The molecule has 5 rings (SSSR count). The van der Waals surface area contributed by atoms with Gasteiger partial charge in [-0.25, -0.2) is 0 Å². The summed E-state index contributed by atoms with van der Waals surface area (Å²) in [4.78, 5) is 13.0. The van der Waals surface area contributed by atoms with E-state index in [1.807, 2.05) is 91.0 Å². The van der Waals surface area contributed by atoms with Gasteiger partial charge in [-0.2, -0.15) is 0 Å². The van der Waals surface area contributed by atoms with Gasteiger partial charge in [0.1, 0.15) is 29.9 Å². The lowest BCUT2D eigenvalue weighted by atomic mass is 10.1. The monoisotopic (exact) mass is 450 g/mol. The molecule has 0 atom stereocenters. The van der Waals surface area contributed by atoms with Gasteiger partial charge in [0, 0.05) is 17.7 Å². The minimum Gasteiger partial charge on any atom is -0.504 e. The summed E-state index contributed by atoms with van der Waals surface area (Å²) in [6.45, 7) is 0.463. The lowest BCUT2D eigenvalue weighted by molar-refractivity contribution is 0.246. The summed E-state index contributed by atoms with van der Waals surface area (Å²) in [6.07, 6.45) is 0. The molecule has 0 saturated carbocycles. The normalized spacial score (nSPS) is 10.8. The van der Waals surface area contributed by atoms with Crippen molar-refractivity contribution >= 4 is 11.0 Å². The standard InChI is InChI=1S/C29H22O5/c30-23-16-24(22-14-8-3-9-15-22)34-25-17-26(32-18-20-10-4-1-5-11-20)29(28(31)27(23)25)33-19-21-12-6-2-7-13-21/h1-17,31H,18-19H2. The first kappa shape index (κ1) is 21.3. The van der Waals surface area contributed by atoms with E-state index in [1.54, 1.807) is 6.07 Å². The van der Waals surface area contributed by atoms with E-state index in [2.05, 4.69) is 0 Å². The third kappa shape index (κ3) is 4.50. The number of benzene rings is 4. The second-order valence-corrected chi connectivity index (χ2v) is 7.82. The second kappa shape index (κ2) is 9.55. The molecule has 0 aliphatic rings. The predicted molar refractivity (Wildman–Crippen MR) is 131 cm³/mol. The van der Waals surface area contributed by atoms with E-state index < -0.39 is 0 Å². The Kier molecular flexibility index (Phi) is 5.99. The minimum absolute atomic E-state index is 0.0507. The van der Waals surface area contributed by atoms with E-state index in [0.717, 1.165) is 16.7 Å². The average molecular weight is 450 g/mol. The molecule has 0 radical (unpaired) electrons. The van der Waals surface area contributed by atoms with E-state index in [4.69, 9.17) is 13.9 Å². The molecule has 1 N–H and O–H groups in total. The molecule has 0 aliphatic carbocycles. The van der Waals surface area contributed by atoms with E-state index in [-0.39, 0.29) is 46.9 Å². The number of hydrogen-bond donors (Lipinski definition) is 1. The average Bonchev–Trinajstić information content (AvgIpc) is 2.88. The van der Waals surface area contributed by atoms with Crippen molar-refractivity contribution in [3.8, 4) is 28.6 Å². The predicted octanol–water partition coefficient (Wildman–Crippen LogP) is 6.32. The molecule has 5 heteroatoms. The number of phenols is 1. The van der Waals surface area contributed by atoms with Gasteiger partial charge in [0.15, 0.2) is 16.9 Å². The first-order valence-corrected chi connectivity index (χ1v) is 10.9. The smallest absolute Gasteiger partial charge is 0.204 e. The van der Waals surface area contributed by atoms with E-state index in [9.17, 15) is 9.90 Å². The van der Waals surface area contributed by atoms with Gasteiger partial charge in [-0.15, -0.1) is 0 Å². The molecule has 0 unspecified atom stereocenters. The zero-order chi connectivity index (χ0) is 23.3. The topological polar surface area (TPSA) is 68.9 Å². The summed E-state index contributed by atoms with van der Waals surface area (Å²) < 4.78 is 18.0. The fraction of sp³-hybridized carbons (Fsp3) is 0.0690. The first-order chi connectivity index (χ1) is 16.7. The number of ether oxygens (including phenoxy) is 2. The van der Waals surface area contributed by atoms with Crippen LogP contribution in [0.2, 0.25) is 0 Å². The van der Waals surface area contributed by atoms with Gasteiger partial charge >= 0.3 is 0 Å². The Morgan fingerprint density at radius 1 is 0.706 bits per heavy atom. The van der Waals surface area contributed by atoms with Gasteiger partial charge in [-0.1, -0.05) is 91.0 Å². The van der Waals surface area contributed by atoms with Crippen LogP contribution < -0.4 is 14.9 Å². The number of fused-ring (bicyclic) bond motifs is 1. The highest BCUT2D eigenvalue weighted by Crippen LogP contribution is 2.43. The Morgan fingerprint density at radius 2 is 1.26 bits per heavy atom. The lowest BCUT2D eigenvalue weighted by Crippen LogP contribution is -2.05. The molecular weight excluding hydrogens is 428 g/mol. The first-order valence-electron chi connectivity index (χ1n) is 10.9. The van der Waals surface area contributed by atoms with Crippen LogP contribution in [0.25, 0.3) is 22.3 Å². The summed E-state index contributed by atoms with van der Waals surface area (Å²) in [6, 6.07) is 31.6. The van der Waals surface area contributed by atoms with Crippen LogP contribution in [-0.2, 0) is 13.2 Å². The maximum absolute atomic E-state index is 13.0. The maximum Gasteiger partial charge on any atom is 0.204 e. The highest BCUT2D eigenvalue weighted by molar-refractivity contribution is 5.89. The molecule has 4 aromatic carbocycles. The van der Waals surface area contributed by atoms with Gasteiger partial charge in [-0.05, 0) is 11.1 Å². The molecule has 5 nitrogen and oxygen atoms in total. The Bertz CT molecular complexity index is 1460. The SMILES string of the molecule is O=c1cc(-c2ccccc2)oc2cc(OCc3ccccc3)c(OCc3ccccc3)c(O)c12.